The van der Waals surface area contributed by atoms with Crippen molar-refractivity contribution in [1.82, 2.24) is 0 Å². The number of Topliss-reactive ketones (excluding diaryl/α,β-unsaturated/α-hetero) is 1. The van der Waals surface area contributed by atoms with Crippen molar-refractivity contribution in [3.8, 4) is 0 Å². The number of carbonyl (C=O) groups excluding carboxylic acids is 1. The first-order chi connectivity index (χ1) is 6.11. The third-order valence-electron chi connectivity index (χ3n) is 2.61. The van der Waals surface area contributed by atoms with Crippen molar-refractivity contribution in [1.29, 1.82) is 0 Å². The molecule has 1 saturated carbocycles. The molecule has 0 aliphatic heterocycles. The minimum atomic E-state index is 0.384. The van der Waals surface area contributed by atoms with E-state index in [1.54, 1.807) is 0 Å². The summed E-state index contributed by atoms with van der Waals surface area (Å²) in [4.78, 5) is 11.3. The van der Waals surface area contributed by atoms with Gasteiger partial charge in [-0.1, -0.05) is 19.1 Å². The van der Waals surface area contributed by atoms with Gasteiger partial charge in [0.25, 0.3) is 0 Å². The summed E-state index contributed by atoms with van der Waals surface area (Å²) in [6.45, 7) is 6.15. The zero-order valence-electron chi connectivity index (χ0n) is 8.51. The number of carbonyl (C=O) groups is 1. The molecule has 0 spiro atoms. The zero-order chi connectivity index (χ0) is 9.84. The summed E-state index contributed by atoms with van der Waals surface area (Å²) < 4.78 is 0. The van der Waals surface area contributed by atoms with E-state index in [1.165, 1.54) is 0 Å². The lowest BCUT2D eigenvalue weighted by Crippen LogP contribution is -2.19. The van der Waals surface area contributed by atoms with Crippen LogP contribution in [0.5, 0.6) is 0 Å². The molecule has 1 nitrogen and oxygen atoms in total. The summed E-state index contributed by atoms with van der Waals surface area (Å²) in [6, 6.07) is 0. The Balaban J connectivity index is 2.41. The lowest BCUT2D eigenvalue weighted by molar-refractivity contribution is -0.120. The molecule has 2 unspecified atom stereocenters. The molecular weight excluding hydrogens is 180 g/mol. The largest absolute Gasteiger partial charge is 0.299 e. The molecule has 1 aliphatic rings. The van der Waals surface area contributed by atoms with Gasteiger partial charge < -0.3 is 0 Å². The maximum absolute atomic E-state index is 11.3. The Bertz CT molecular complexity index is 194. The van der Waals surface area contributed by atoms with Crippen LogP contribution in [0.4, 0.5) is 0 Å². The summed E-state index contributed by atoms with van der Waals surface area (Å²) in [5.74, 6) is 0.950. The minimum Gasteiger partial charge on any atom is -0.299 e. The van der Waals surface area contributed by atoms with Crippen LogP contribution in [-0.2, 0) is 4.79 Å². The monoisotopic (exact) mass is 198 g/mol. The maximum Gasteiger partial charge on any atom is 0.137 e. The van der Waals surface area contributed by atoms with Gasteiger partial charge in [-0.2, -0.15) is 11.8 Å². The fraction of sp³-hybridized carbons (Fsp3) is 0.727. The van der Waals surface area contributed by atoms with Crippen LogP contribution in [0.25, 0.3) is 0 Å². The second kappa shape index (κ2) is 4.85. The molecule has 0 aromatic carbocycles. The van der Waals surface area contributed by atoms with Crippen LogP contribution in [0.3, 0.4) is 0 Å². The SMILES string of the molecule is C=C1CC(=O)CC(CC(C)SC)C1. The van der Waals surface area contributed by atoms with Gasteiger partial charge in [-0.05, 0) is 25.0 Å². The van der Waals surface area contributed by atoms with E-state index < -0.39 is 0 Å². The van der Waals surface area contributed by atoms with Gasteiger partial charge in [0.1, 0.15) is 5.78 Å². The maximum atomic E-state index is 11.3. The molecule has 0 aromatic rings. The molecule has 1 fully saturated rings. The topological polar surface area (TPSA) is 17.1 Å². The third-order valence-corrected chi connectivity index (χ3v) is 3.61. The van der Waals surface area contributed by atoms with Crippen molar-refractivity contribution in [3.63, 3.8) is 0 Å². The molecule has 13 heavy (non-hydrogen) atoms. The average molecular weight is 198 g/mol. The van der Waals surface area contributed by atoms with Crippen molar-refractivity contribution >= 4 is 17.5 Å². The number of hydrogen-bond acceptors (Lipinski definition) is 2. The van der Waals surface area contributed by atoms with Crippen LogP contribution in [0.1, 0.15) is 32.6 Å². The lowest BCUT2D eigenvalue weighted by atomic mass is 9.83. The Morgan fingerprint density at radius 3 is 2.85 bits per heavy atom. The highest BCUT2D eigenvalue weighted by Gasteiger charge is 2.22. The first-order valence-corrected chi connectivity index (χ1v) is 6.11. The predicted octanol–water partition coefficient (Wildman–Crippen LogP) is 3.05. The van der Waals surface area contributed by atoms with Crippen LogP contribution in [0.15, 0.2) is 12.2 Å². The van der Waals surface area contributed by atoms with Crippen molar-refractivity contribution in [2.45, 2.75) is 37.9 Å². The molecule has 0 heterocycles. The molecule has 1 rings (SSSR count). The number of hydrogen-bond donors (Lipinski definition) is 0. The molecular formula is C11H18OS. The highest BCUT2D eigenvalue weighted by Crippen LogP contribution is 2.30. The van der Waals surface area contributed by atoms with E-state index >= 15 is 0 Å². The first kappa shape index (κ1) is 10.8. The number of thioether (sulfide) groups is 1. The minimum absolute atomic E-state index is 0.384. The summed E-state index contributed by atoms with van der Waals surface area (Å²) >= 11 is 1.88. The normalized spacial score (nSPS) is 26.2. The second-order valence-electron chi connectivity index (χ2n) is 4.02. The van der Waals surface area contributed by atoms with E-state index in [2.05, 4.69) is 19.8 Å². The molecule has 2 atom stereocenters. The third kappa shape index (κ3) is 3.55. The molecule has 0 N–H and O–H groups in total. The van der Waals surface area contributed by atoms with Gasteiger partial charge in [0.15, 0.2) is 0 Å². The Kier molecular flexibility index (Phi) is 4.04. The van der Waals surface area contributed by atoms with E-state index in [1.807, 2.05) is 11.8 Å². The fourth-order valence-electron chi connectivity index (χ4n) is 1.96. The predicted molar refractivity (Wildman–Crippen MR) is 59.1 cm³/mol. The Labute approximate surface area is 85.0 Å². The fourth-order valence-corrected chi connectivity index (χ4v) is 2.42. The van der Waals surface area contributed by atoms with E-state index in [0.717, 1.165) is 24.8 Å². The van der Waals surface area contributed by atoms with Crippen molar-refractivity contribution < 1.29 is 4.79 Å². The average Bonchev–Trinajstić information content (AvgIpc) is 2.02. The second-order valence-corrected chi connectivity index (χ2v) is 5.30. The van der Waals surface area contributed by atoms with Crippen molar-refractivity contribution in [3.05, 3.63) is 12.2 Å². The number of rotatable bonds is 3. The van der Waals surface area contributed by atoms with Gasteiger partial charge in [0.05, 0.1) is 0 Å². The van der Waals surface area contributed by atoms with Crippen molar-refractivity contribution in [2.75, 3.05) is 6.26 Å². The molecule has 0 radical (unpaired) electrons. The molecule has 2 heteroatoms. The van der Waals surface area contributed by atoms with Gasteiger partial charge >= 0.3 is 0 Å². The molecule has 0 bridgehead atoms. The van der Waals surface area contributed by atoms with E-state index in [-0.39, 0.29) is 0 Å². The molecule has 0 amide bonds. The van der Waals surface area contributed by atoms with Gasteiger partial charge in [-0.15, -0.1) is 0 Å². The summed E-state index contributed by atoms with van der Waals surface area (Å²) in [6.07, 6.45) is 5.76. The van der Waals surface area contributed by atoms with Crippen LogP contribution in [0, 0.1) is 5.92 Å². The summed E-state index contributed by atoms with van der Waals surface area (Å²) in [5, 5.41) is 0.670. The Morgan fingerprint density at radius 2 is 2.31 bits per heavy atom. The zero-order valence-corrected chi connectivity index (χ0v) is 9.32. The smallest absolute Gasteiger partial charge is 0.137 e. The summed E-state index contributed by atoms with van der Waals surface area (Å²) in [7, 11) is 0. The molecule has 74 valence electrons. The quantitative estimate of drug-likeness (QED) is 0.648. The van der Waals surface area contributed by atoms with Crippen LogP contribution < -0.4 is 0 Å². The van der Waals surface area contributed by atoms with Gasteiger partial charge in [-0.3, -0.25) is 4.79 Å². The molecule has 0 saturated heterocycles. The first-order valence-electron chi connectivity index (χ1n) is 4.83. The highest BCUT2D eigenvalue weighted by atomic mass is 32.2. The Hall–Kier alpha value is -0.240. The van der Waals surface area contributed by atoms with E-state index in [9.17, 15) is 4.79 Å². The van der Waals surface area contributed by atoms with Gasteiger partial charge in [-0.25, -0.2) is 0 Å². The highest BCUT2D eigenvalue weighted by molar-refractivity contribution is 7.99. The van der Waals surface area contributed by atoms with Gasteiger partial charge in [0.2, 0.25) is 0 Å². The number of ketones is 1. The summed E-state index contributed by atoms with van der Waals surface area (Å²) in [5.41, 5.74) is 1.13. The van der Waals surface area contributed by atoms with Crippen LogP contribution in [0.2, 0.25) is 0 Å². The number of allylic oxidation sites excluding steroid dienone is 1. The van der Waals surface area contributed by atoms with Crippen molar-refractivity contribution in [2.24, 2.45) is 5.92 Å². The van der Waals surface area contributed by atoms with Crippen LogP contribution in [-0.4, -0.2) is 17.3 Å². The van der Waals surface area contributed by atoms with E-state index in [0.29, 0.717) is 23.4 Å². The Morgan fingerprint density at radius 1 is 1.62 bits per heavy atom. The standard InChI is InChI=1S/C11H18OS/c1-8-4-10(6-9(2)13-3)7-11(12)5-8/h9-10H,1,4-7H2,2-3H3. The lowest BCUT2D eigenvalue weighted by Gasteiger charge is -2.24. The van der Waals surface area contributed by atoms with Crippen LogP contribution >= 0.6 is 11.8 Å². The van der Waals surface area contributed by atoms with Gasteiger partial charge in [0, 0.05) is 18.1 Å². The molecule has 0 aromatic heterocycles. The van der Waals surface area contributed by atoms with E-state index in [4.69, 9.17) is 0 Å². The molecule has 1 aliphatic carbocycles.